The number of H-pyrrole nitrogens is 1. The van der Waals surface area contributed by atoms with Crippen molar-refractivity contribution >= 4 is 16.9 Å². The molecule has 3 heterocycles. The molecule has 1 amide bonds. The zero-order valence-electron chi connectivity index (χ0n) is 13.8. The first-order chi connectivity index (χ1) is 10.3. The van der Waals surface area contributed by atoms with Crippen LogP contribution in [0.2, 0.25) is 0 Å². The van der Waals surface area contributed by atoms with Gasteiger partial charge in [-0.25, -0.2) is 4.98 Å². The molecule has 0 radical (unpaired) electrons. The number of hydrogen-bond donors (Lipinski definition) is 1. The Bertz CT molecular complexity index is 698. The molecule has 1 aliphatic rings. The first kappa shape index (κ1) is 15.0. The van der Waals surface area contributed by atoms with Gasteiger partial charge in [-0.2, -0.15) is 5.10 Å². The third kappa shape index (κ3) is 2.85. The van der Waals surface area contributed by atoms with E-state index in [9.17, 15) is 4.79 Å². The average Bonchev–Trinajstić information content (AvgIpc) is 3.03. The van der Waals surface area contributed by atoms with Gasteiger partial charge in [-0.05, 0) is 37.7 Å². The van der Waals surface area contributed by atoms with Gasteiger partial charge in [0, 0.05) is 29.9 Å². The largest absolute Gasteiger partial charge is 0.336 e. The quantitative estimate of drug-likeness (QED) is 0.925. The highest BCUT2D eigenvalue weighted by molar-refractivity contribution is 5.97. The molecule has 2 aromatic heterocycles. The van der Waals surface area contributed by atoms with E-state index in [-0.39, 0.29) is 11.3 Å². The zero-order chi connectivity index (χ0) is 15.9. The third-order valence-corrected chi connectivity index (χ3v) is 4.33. The molecule has 118 valence electrons. The predicted octanol–water partition coefficient (Wildman–Crippen LogP) is 3.31. The minimum atomic E-state index is 0.0988. The second kappa shape index (κ2) is 5.38. The maximum Gasteiger partial charge on any atom is 0.255 e. The first-order valence-corrected chi connectivity index (χ1v) is 7.97. The van der Waals surface area contributed by atoms with Gasteiger partial charge in [0.25, 0.3) is 5.91 Å². The normalized spacial score (nSPS) is 19.1. The Labute approximate surface area is 131 Å². The molecule has 0 aliphatic carbocycles. The maximum atomic E-state index is 12.9. The van der Waals surface area contributed by atoms with E-state index in [1.165, 1.54) is 0 Å². The fourth-order valence-electron chi connectivity index (χ4n) is 3.32. The molecule has 1 aliphatic heterocycles. The number of aryl methyl sites for hydroxylation is 1. The number of aromatic amines is 1. The molecular weight excluding hydrogens is 276 g/mol. The molecule has 0 saturated carbocycles. The predicted molar refractivity (Wildman–Crippen MR) is 86.8 cm³/mol. The topological polar surface area (TPSA) is 61.9 Å². The highest BCUT2D eigenvalue weighted by Crippen LogP contribution is 2.31. The Morgan fingerprint density at radius 3 is 2.95 bits per heavy atom. The van der Waals surface area contributed by atoms with Gasteiger partial charge in [0.05, 0.1) is 5.56 Å². The molecule has 22 heavy (non-hydrogen) atoms. The van der Waals surface area contributed by atoms with Crippen molar-refractivity contribution in [2.24, 2.45) is 5.41 Å². The number of fused-ring (bicyclic) bond motifs is 1. The van der Waals surface area contributed by atoms with Gasteiger partial charge in [-0.15, -0.1) is 0 Å². The van der Waals surface area contributed by atoms with E-state index >= 15 is 0 Å². The molecule has 0 bridgehead atoms. The van der Waals surface area contributed by atoms with Crippen LogP contribution in [0.1, 0.15) is 56.1 Å². The molecule has 1 N–H and O–H groups in total. The molecule has 1 unspecified atom stereocenters. The summed E-state index contributed by atoms with van der Waals surface area (Å²) in [5.41, 5.74) is 2.51. The summed E-state index contributed by atoms with van der Waals surface area (Å²) in [5, 5.41) is 7.96. The number of likely N-dealkylation sites (tertiary alicyclic amines) is 1. The second-order valence-electron chi connectivity index (χ2n) is 7.50. The van der Waals surface area contributed by atoms with Crippen LogP contribution in [0.25, 0.3) is 11.0 Å². The van der Waals surface area contributed by atoms with Crippen molar-refractivity contribution in [3.63, 3.8) is 0 Å². The van der Waals surface area contributed by atoms with Crippen LogP contribution in [-0.4, -0.2) is 38.6 Å². The number of rotatable bonds is 2. The summed E-state index contributed by atoms with van der Waals surface area (Å²) >= 11 is 0. The molecule has 0 spiro atoms. The molecule has 5 heteroatoms. The monoisotopic (exact) mass is 300 g/mol. The number of aromatic nitrogens is 3. The van der Waals surface area contributed by atoms with Crippen LogP contribution < -0.4 is 0 Å². The van der Waals surface area contributed by atoms with Gasteiger partial charge < -0.3 is 4.90 Å². The van der Waals surface area contributed by atoms with Gasteiger partial charge in [-0.1, -0.05) is 20.8 Å². The fraction of sp³-hybridized carbons (Fsp3) is 0.588. The number of carbonyl (C=O) groups is 1. The number of nitrogens with zero attached hydrogens (tertiary/aromatic N) is 3. The van der Waals surface area contributed by atoms with Crippen molar-refractivity contribution in [2.75, 3.05) is 6.54 Å². The Morgan fingerprint density at radius 2 is 2.23 bits per heavy atom. The summed E-state index contributed by atoms with van der Waals surface area (Å²) in [6.45, 7) is 9.49. The third-order valence-electron chi connectivity index (χ3n) is 4.33. The molecule has 1 saturated heterocycles. The highest BCUT2D eigenvalue weighted by atomic mass is 16.2. The van der Waals surface area contributed by atoms with Crippen LogP contribution in [0.3, 0.4) is 0 Å². The Morgan fingerprint density at radius 1 is 1.45 bits per heavy atom. The van der Waals surface area contributed by atoms with Crippen LogP contribution in [0.15, 0.2) is 12.3 Å². The molecule has 1 atom stereocenters. The molecule has 5 nitrogen and oxygen atoms in total. The minimum absolute atomic E-state index is 0.0988. The molecule has 2 aromatic rings. The average molecular weight is 300 g/mol. The standard InChI is InChI=1S/C17H24N4O/c1-11-14-8-12(10-18-15(14)20-19-11)16(22)21-7-5-6-13(21)9-17(2,3)4/h8,10,13H,5-7,9H2,1-4H3,(H,18,19,20). The van der Waals surface area contributed by atoms with Gasteiger partial charge in [0.15, 0.2) is 5.65 Å². The number of carbonyl (C=O) groups excluding carboxylic acids is 1. The van der Waals surface area contributed by atoms with Crippen LogP contribution in [-0.2, 0) is 0 Å². The van der Waals surface area contributed by atoms with Crippen molar-refractivity contribution < 1.29 is 4.79 Å². The summed E-state index contributed by atoms with van der Waals surface area (Å²) in [6, 6.07) is 2.25. The number of amides is 1. The Kier molecular flexibility index (Phi) is 3.67. The molecule has 0 aromatic carbocycles. The number of nitrogens with one attached hydrogen (secondary N) is 1. The molecule has 1 fully saturated rings. The van der Waals surface area contributed by atoms with Gasteiger partial charge in [-0.3, -0.25) is 9.89 Å². The minimum Gasteiger partial charge on any atom is -0.336 e. The zero-order valence-corrected chi connectivity index (χ0v) is 13.8. The molecule has 3 rings (SSSR count). The Balaban J connectivity index is 1.86. The van der Waals surface area contributed by atoms with E-state index in [1.807, 2.05) is 17.9 Å². The second-order valence-corrected chi connectivity index (χ2v) is 7.50. The van der Waals surface area contributed by atoms with Crippen molar-refractivity contribution in [2.45, 2.75) is 53.0 Å². The van der Waals surface area contributed by atoms with E-state index in [4.69, 9.17) is 0 Å². The summed E-state index contributed by atoms with van der Waals surface area (Å²) in [4.78, 5) is 19.2. The Hall–Kier alpha value is -1.91. The lowest BCUT2D eigenvalue weighted by Gasteiger charge is -2.30. The SMILES string of the molecule is Cc1[nH]nc2ncc(C(=O)N3CCCC3CC(C)(C)C)cc12. The van der Waals surface area contributed by atoms with Gasteiger partial charge in [0.2, 0.25) is 0 Å². The summed E-state index contributed by atoms with van der Waals surface area (Å²) < 4.78 is 0. The van der Waals surface area contributed by atoms with Crippen molar-refractivity contribution in [3.8, 4) is 0 Å². The van der Waals surface area contributed by atoms with Crippen LogP contribution >= 0.6 is 0 Å². The summed E-state index contributed by atoms with van der Waals surface area (Å²) in [7, 11) is 0. The van der Waals surface area contributed by atoms with Crippen LogP contribution in [0.5, 0.6) is 0 Å². The van der Waals surface area contributed by atoms with Gasteiger partial charge in [0.1, 0.15) is 0 Å². The molecular formula is C17H24N4O. The van der Waals surface area contributed by atoms with Crippen molar-refractivity contribution in [3.05, 3.63) is 23.5 Å². The van der Waals surface area contributed by atoms with Crippen LogP contribution in [0.4, 0.5) is 0 Å². The summed E-state index contributed by atoms with van der Waals surface area (Å²) in [6.07, 6.45) is 4.88. The van der Waals surface area contributed by atoms with Crippen molar-refractivity contribution in [1.82, 2.24) is 20.1 Å². The van der Waals surface area contributed by atoms with E-state index < -0.39 is 0 Å². The van der Waals surface area contributed by atoms with E-state index in [0.29, 0.717) is 17.3 Å². The first-order valence-electron chi connectivity index (χ1n) is 7.97. The van der Waals surface area contributed by atoms with Gasteiger partial charge >= 0.3 is 0 Å². The maximum absolute atomic E-state index is 12.9. The van der Waals surface area contributed by atoms with E-state index in [2.05, 4.69) is 36.0 Å². The lowest BCUT2D eigenvalue weighted by Crippen LogP contribution is -2.37. The lowest BCUT2D eigenvalue weighted by atomic mass is 9.87. The highest BCUT2D eigenvalue weighted by Gasteiger charge is 2.32. The van der Waals surface area contributed by atoms with E-state index in [0.717, 1.165) is 36.9 Å². The lowest BCUT2D eigenvalue weighted by molar-refractivity contribution is 0.0704. The fourth-order valence-corrected chi connectivity index (χ4v) is 3.32. The van der Waals surface area contributed by atoms with Crippen LogP contribution in [0, 0.1) is 12.3 Å². The smallest absolute Gasteiger partial charge is 0.255 e. The van der Waals surface area contributed by atoms with Crippen molar-refractivity contribution in [1.29, 1.82) is 0 Å². The number of hydrogen-bond acceptors (Lipinski definition) is 3. The summed E-state index contributed by atoms with van der Waals surface area (Å²) in [5.74, 6) is 0.0988. The number of pyridine rings is 1. The van der Waals surface area contributed by atoms with E-state index in [1.54, 1.807) is 6.20 Å².